The van der Waals surface area contributed by atoms with Crippen molar-refractivity contribution < 1.29 is 4.79 Å². The molecule has 0 aliphatic carbocycles. The topological polar surface area (TPSA) is 70.7 Å². The van der Waals surface area contributed by atoms with Gasteiger partial charge in [0.05, 0.1) is 0 Å². The van der Waals surface area contributed by atoms with Gasteiger partial charge in [0, 0.05) is 11.6 Å². The van der Waals surface area contributed by atoms with Crippen molar-refractivity contribution in [2.24, 2.45) is 0 Å². The van der Waals surface area contributed by atoms with E-state index in [1.807, 2.05) is 38.1 Å². The minimum absolute atomic E-state index is 0.172. The van der Waals surface area contributed by atoms with Crippen molar-refractivity contribution in [2.45, 2.75) is 33.1 Å². The van der Waals surface area contributed by atoms with E-state index in [4.69, 9.17) is 0 Å². The predicted octanol–water partition coefficient (Wildman–Crippen LogP) is 2.74. The number of nitrogens with one attached hydrogen (secondary N) is 2. The standard InChI is InChI=1S/C14H18N4O/c1-4-10-6-5-7-11(8-10)15-14(19)13-16-12(9(2)3)17-18-13/h5-9H,4H2,1-3H3,(H,15,19)(H,16,17,18). The number of amides is 1. The second-order valence-corrected chi connectivity index (χ2v) is 4.71. The highest BCUT2D eigenvalue weighted by Crippen LogP contribution is 2.13. The molecule has 0 atom stereocenters. The van der Waals surface area contributed by atoms with Crippen molar-refractivity contribution in [1.29, 1.82) is 0 Å². The molecule has 1 heterocycles. The average Bonchev–Trinajstić information content (AvgIpc) is 2.89. The first-order valence-electron chi connectivity index (χ1n) is 6.42. The summed E-state index contributed by atoms with van der Waals surface area (Å²) in [4.78, 5) is 16.2. The van der Waals surface area contributed by atoms with Gasteiger partial charge in [0.1, 0.15) is 5.82 Å². The van der Waals surface area contributed by atoms with Crippen molar-refractivity contribution >= 4 is 11.6 Å². The quantitative estimate of drug-likeness (QED) is 0.885. The molecule has 0 radical (unpaired) electrons. The monoisotopic (exact) mass is 258 g/mol. The summed E-state index contributed by atoms with van der Waals surface area (Å²) < 4.78 is 0. The van der Waals surface area contributed by atoms with Crippen LogP contribution < -0.4 is 5.32 Å². The van der Waals surface area contributed by atoms with E-state index in [2.05, 4.69) is 27.4 Å². The number of H-pyrrole nitrogens is 1. The number of aromatic amines is 1. The molecule has 19 heavy (non-hydrogen) atoms. The van der Waals surface area contributed by atoms with Crippen LogP contribution in [0, 0.1) is 0 Å². The molecule has 5 heteroatoms. The summed E-state index contributed by atoms with van der Waals surface area (Å²) in [6.45, 7) is 6.06. The lowest BCUT2D eigenvalue weighted by Crippen LogP contribution is -2.14. The van der Waals surface area contributed by atoms with Crippen LogP contribution in [-0.2, 0) is 6.42 Å². The lowest BCUT2D eigenvalue weighted by molar-refractivity contribution is 0.101. The Morgan fingerprint density at radius 3 is 2.84 bits per heavy atom. The van der Waals surface area contributed by atoms with Crippen LogP contribution in [0.1, 0.15) is 48.7 Å². The summed E-state index contributed by atoms with van der Waals surface area (Å²) in [7, 11) is 0. The number of hydrogen-bond donors (Lipinski definition) is 2. The number of anilines is 1. The zero-order valence-electron chi connectivity index (χ0n) is 11.4. The lowest BCUT2D eigenvalue weighted by Gasteiger charge is -2.04. The Balaban J connectivity index is 2.11. The Morgan fingerprint density at radius 2 is 2.21 bits per heavy atom. The van der Waals surface area contributed by atoms with Crippen molar-refractivity contribution in [3.63, 3.8) is 0 Å². The highest BCUT2D eigenvalue weighted by Gasteiger charge is 2.14. The maximum absolute atomic E-state index is 12.0. The van der Waals surface area contributed by atoms with Crippen molar-refractivity contribution in [2.75, 3.05) is 5.32 Å². The predicted molar refractivity (Wildman–Crippen MR) is 74.2 cm³/mol. The van der Waals surface area contributed by atoms with Crippen LogP contribution in [0.15, 0.2) is 24.3 Å². The number of carbonyl (C=O) groups is 1. The summed E-state index contributed by atoms with van der Waals surface area (Å²) >= 11 is 0. The van der Waals surface area contributed by atoms with Gasteiger partial charge in [0.25, 0.3) is 5.91 Å². The summed E-state index contributed by atoms with van der Waals surface area (Å²) in [5, 5.41) is 9.50. The Hall–Kier alpha value is -2.17. The molecule has 0 aliphatic heterocycles. The molecule has 1 aromatic carbocycles. The molecule has 2 N–H and O–H groups in total. The van der Waals surface area contributed by atoms with Crippen LogP contribution in [0.25, 0.3) is 0 Å². The zero-order chi connectivity index (χ0) is 13.8. The molecular formula is C14H18N4O. The Labute approximate surface area is 112 Å². The summed E-state index contributed by atoms with van der Waals surface area (Å²) in [5.41, 5.74) is 1.94. The molecule has 0 aliphatic rings. The van der Waals surface area contributed by atoms with Gasteiger partial charge >= 0.3 is 0 Å². The van der Waals surface area contributed by atoms with Gasteiger partial charge in [-0.1, -0.05) is 32.9 Å². The van der Waals surface area contributed by atoms with Crippen LogP contribution >= 0.6 is 0 Å². The zero-order valence-corrected chi connectivity index (χ0v) is 11.4. The van der Waals surface area contributed by atoms with Crippen molar-refractivity contribution in [1.82, 2.24) is 15.2 Å². The Morgan fingerprint density at radius 1 is 1.42 bits per heavy atom. The van der Waals surface area contributed by atoms with Gasteiger partial charge in [-0.3, -0.25) is 9.89 Å². The molecular weight excluding hydrogens is 240 g/mol. The van der Waals surface area contributed by atoms with E-state index >= 15 is 0 Å². The molecule has 0 spiro atoms. The van der Waals surface area contributed by atoms with Gasteiger partial charge in [-0.15, -0.1) is 5.10 Å². The van der Waals surface area contributed by atoms with Gasteiger partial charge in [-0.25, -0.2) is 4.98 Å². The summed E-state index contributed by atoms with van der Waals surface area (Å²) in [6, 6.07) is 7.76. The SMILES string of the molecule is CCc1cccc(NC(=O)c2n[nH]c(C(C)C)n2)c1. The number of rotatable bonds is 4. The van der Waals surface area contributed by atoms with Crippen LogP contribution in [0.5, 0.6) is 0 Å². The van der Waals surface area contributed by atoms with E-state index in [1.54, 1.807) is 0 Å². The van der Waals surface area contributed by atoms with E-state index in [1.165, 1.54) is 5.56 Å². The van der Waals surface area contributed by atoms with Crippen molar-refractivity contribution in [3.8, 4) is 0 Å². The fourth-order valence-corrected chi connectivity index (χ4v) is 1.69. The second kappa shape index (κ2) is 5.65. The maximum Gasteiger partial charge on any atom is 0.295 e. The molecule has 0 fully saturated rings. The molecule has 0 saturated heterocycles. The second-order valence-electron chi connectivity index (χ2n) is 4.71. The van der Waals surface area contributed by atoms with Gasteiger partial charge in [0.2, 0.25) is 5.82 Å². The number of aryl methyl sites for hydroxylation is 1. The van der Waals surface area contributed by atoms with Gasteiger partial charge in [0.15, 0.2) is 0 Å². The number of aromatic nitrogens is 3. The minimum Gasteiger partial charge on any atom is -0.319 e. The first kappa shape index (κ1) is 13.3. The van der Waals surface area contributed by atoms with Gasteiger partial charge < -0.3 is 5.32 Å². The van der Waals surface area contributed by atoms with Crippen LogP contribution in [-0.4, -0.2) is 21.1 Å². The number of hydrogen-bond acceptors (Lipinski definition) is 3. The largest absolute Gasteiger partial charge is 0.319 e. The van der Waals surface area contributed by atoms with E-state index in [-0.39, 0.29) is 17.6 Å². The molecule has 2 aromatic rings. The maximum atomic E-state index is 12.0. The molecule has 2 rings (SSSR count). The fourth-order valence-electron chi connectivity index (χ4n) is 1.69. The van der Waals surface area contributed by atoms with Crippen LogP contribution in [0.3, 0.4) is 0 Å². The number of carbonyl (C=O) groups excluding carboxylic acids is 1. The molecule has 0 bridgehead atoms. The highest BCUT2D eigenvalue weighted by atomic mass is 16.2. The first-order valence-corrected chi connectivity index (χ1v) is 6.42. The van der Waals surface area contributed by atoms with E-state index < -0.39 is 0 Å². The Kier molecular flexibility index (Phi) is 3.94. The van der Waals surface area contributed by atoms with E-state index in [0.29, 0.717) is 5.82 Å². The van der Waals surface area contributed by atoms with Gasteiger partial charge in [-0.2, -0.15) is 0 Å². The number of benzene rings is 1. The molecule has 5 nitrogen and oxygen atoms in total. The third-order valence-corrected chi connectivity index (χ3v) is 2.85. The number of nitrogens with zero attached hydrogens (tertiary/aromatic N) is 2. The van der Waals surface area contributed by atoms with Gasteiger partial charge in [-0.05, 0) is 24.1 Å². The Bertz CT molecular complexity index is 574. The highest BCUT2D eigenvalue weighted by molar-refractivity contribution is 6.01. The van der Waals surface area contributed by atoms with Crippen LogP contribution in [0.2, 0.25) is 0 Å². The minimum atomic E-state index is -0.295. The summed E-state index contributed by atoms with van der Waals surface area (Å²) in [5.74, 6) is 0.812. The average molecular weight is 258 g/mol. The van der Waals surface area contributed by atoms with E-state index in [9.17, 15) is 4.79 Å². The fraction of sp³-hybridized carbons (Fsp3) is 0.357. The normalized spacial score (nSPS) is 10.7. The molecule has 1 aromatic heterocycles. The third kappa shape index (κ3) is 3.19. The molecule has 100 valence electrons. The van der Waals surface area contributed by atoms with E-state index in [0.717, 1.165) is 12.1 Å². The third-order valence-electron chi connectivity index (χ3n) is 2.85. The molecule has 0 saturated carbocycles. The van der Waals surface area contributed by atoms with Crippen molar-refractivity contribution in [3.05, 3.63) is 41.5 Å². The first-order chi connectivity index (χ1) is 9.10. The lowest BCUT2D eigenvalue weighted by atomic mass is 10.1. The van der Waals surface area contributed by atoms with Crippen LogP contribution in [0.4, 0.5) is 5.69 Å². The smallest absolute Gasteiger partial charge is 0.295 e. The molecule has 1 amide bonds. The summed E-state index contributed by atoms with van der Waals surface area (Å²) in [6.07, 6.45) is 0.932. The molecule has 0 unspecified atom stereocenters.